The SMILES string of the molecule is CC1CC(=O)NN=C1c1ccc(NC(=O)OC(CCl)CCl)cc1. The van der Waals surface area contributed by atoms with Crippen molar-refractivity contribution in [1.82, 2.24) is 5.43 Å². The Morgan fingerprint density at radius 3 is 2.61 bits per heavy atom. The lowest BCUT2D eigenvalue weighted by molar-refractivity contribution is -0.121. The molecule has 0 bridgehead atoms. The summed E-state index contributed by atoms with van der Waals surface area (Å²) >= 11 is 11.2. The summed E-state index contributed by atoms with van der Waals surface area (Å²) in [6, 6.07) is 7.11. The normalized spacial score (nSPS) is 17.5. The summed E-state index contributed by atoms with van der Waals surface area (Å²) in [5.74, 6) is 0.231. The van der Waals surface area contributed by atoms with Crippen LogP contribution in [0.3, 0.4) is 0 Å². The summed E-state index contributed by atoms with van der Waals surface area (Å²) in [6.07, 6.45) is -0.734. The molecule has 1 aliphatic heterocycles. The van der Waals surface area contributed by atoms with Crippen molar-refractivity contribution in [3.8, 4) is 0 Å². The lowest BCUT2D eigenvalue weighted by atomic mass is 9.94. The van der Waals surface area contributed by atoms with Crippen LogP contribution in [-0.4, -0.2) is 35.6 Å². The first-order chi connectivity index (χ1) is 11.0. The number of carbonyl (C=O) groups is 2. The van der Waals surface area contributed by atoms with Crippen molar-refractivity contribution in [2.75, 3.05) is 17.1 Å². The van der Waals surface area contributed by atoms with Crippen molar-refractivity contribution in [2.45, 2.75) is 19.4 Å². The second kappa shape index (κ2) is 8.17. The molecule has 0 aliphatic carbocycles. The summed E-state index contributed by atoms with van der Waals surface area (Å²) in [5, 5.41) is 6.69. The molecule has 0 spiro atoms. The van der Waals surface area contributed by atoms with Gasteiger partial charge in [-0.25, -0.2) is 10.2 Å². The predicted octanol–water partition coefficient (Wildman–Crippen LogP) is 2.94. The first kappa shape index (κ1) is 17.6. The zero-order valence-corrected chi connectivity index (χ0v) is 14.0. The largest absolute Gasteiger partial charge is 0.443 e. The average Bonchev–Trinajstić information content (AvgIpc) is 2.53. The monoisotopic (exact) mass is 357 g/mol. The van der Waals surface area contributed by atoms with Gasteiger partial charge in [-0.05, 0) is 17.7 Å². The minimum Gasteiger partial charge on any atom is -0.443 e. The zero-order valence-electron chi connectivity index (χ0n) is 12.5. The van der Waals surface area contributed by atoms with E-state index in [1.165, 1.54) is 0 Å². The van der Waals surface area contributed by atoms with Crippen LogP contribution in [0.1, 0.15) is 18.9 Å². The maximum atomic E-state index is 11.7. The van der Waals surface area contributed by atoms with Crippen molar-refractivity contribution < 1.29 is 14.3 Å². The first-order valence-corrected chi connectivity index (χ1v) is 8.16. The van der Waals surface area contributed by atoms with Gasteiger partial charge in [0.05, 0.1) is 17.5 Å². The molecule has 1 unspecified atom stereocenters. The number of amides is 2. The highest BCUT2D eigenvalue weighted by atomic mass is 35.5. The first-order valence-electron chi connectivity index (χ1n) is 7.10. The van der Waals surface area contributed by atoms with Gasteiger partial charge in [0.15, 0.2) is 0 Å². The van der Waals surface area contributed by atoms with Gasteiger partial charge < -0.3 is 4.74 Å². The molecule has 1 atom stereocenters. The van der Waals surface area contributed by atoms with Crippen molar-refractivity contribution in [1.29, 1.82) is 0 Å². The van der Waals surface area contributed by atoms with E-state index >= 15 is 0 Å². The molecular formula is C15H17Cl2N3O3. The summed E-state index contributed by atoms with van der Waals surface area (Å²) < 4.78 is 5.04. The summed E-state index contributed by atoms with van der Waals surface area (Å²) in [4.78, 5) is 23.0. The summed E-state index contributed by atoms with van der Waals surface area (Å²) in [7, 11) is 0. The lowest BCUT2D eigenvalue weighted by Gasteiger charge is -2.19. The van der Waals surface area contributed by atoms with Crippen LogP contribution < -0.4 is 10.7 Å². The van der Waals surface area contributed by atoms with E-state index in [0.717, 1.165) is 11.3 Å². The smallest absolute Gasteiger partial charge is 0.411 e. The maximum absolute atomic E-state index is 11.7. The van der Waals surface area contributed by atoms with Gasteiger partial charge in [-0.1, -0.05) is 19.1 Å². The van der Waals surface area contributed by atoms with Crippen LogP contribution >= 0.6 is 23.2 Å². The zero-order chi connectivity index (χ0) is 16.8. The van der Waals surface area contributed by atoms with Gasteiger partial charge in [-0.15, -0.1) is 23.2 Å². The number of nitrogens with zero attached hydrogens (tertiary/aromatic N) is 1. The lowest BCUT2D eigenvalue weighted by Crippen LogP contribution is -2.31. The van der Waals surface area contributed by atoms with E-state index in [2.05, 4.69) is 15.8 Å². The van der Waals surface area contributed by atoms with Gasteiger partial charge in [-0.3, -0.25) is 10.1 Å². The predicted molar refractivity (Wildman–Crippen MR) is 90.2 cm³/mol. The molecular weight excluding hydrogens is 341 g/mol. The Morgan fingerprint density at radius 2 is 2.04 bits per heavy atom. The van der Waals surface area contributed by atoms with Crippen molar-refractivity contribution >= 4 is 46.6 Å². The quantitative estimate of drug-likeness (QED) is 0.795. The molecule has 6 nitrogen and oxygen atoms in total. The van der Waals surface area contributed by atoms with E-state index in [9.17, 15) is 9.59 Å². The summed E-state index contributed by atoms with van der Waals surface area (Å²) in [5.41, 5.74) is 4.75. The second-order valence-corrected chi connectivity index (χ2v) is 5.79. The van der Waals surface area contributed by atoms with Gasteiger partial charge in [-0.2, -0.15) is 5.10 Å². The molecule has 2 N–H and O–H groups in total. The number of anilines is 1. The van der Waals surface area contributed by atoms with Gasteiger partial charge in [0.2, 0.25) is 5.91 Å². The molecule has 1 aliphatic rings. The van der Waals surface area contributed by atoms with Crippen LogP contribution in [0.5, 0.6) is 0 Å². The molecule has 2 rings (SSSR count). The van der Waals surface area contributed by atoms with Crippen molar-refractivity contribution in [3.63, 3.8) is 0 Å². The number of nitrogens with one attached hydrogen (secondary N) is 2. The van der Waals surface area contributed by atoms with Crippen LogP contribution in [0, 0.1) is 5.92 Å². The number of benzene rings is 1. The Labute approximate surface area is 144 Å². The Balaban J connectivity index is 2.00. The third kappa shape index (κ3) is 4.84. The van der Waals surface area contributed by atoms with Crippen LogP contribution in [0.2, 0.25) is 0 Å². The minimum atomic E-state index is -0.611. The molecule has 1 aromatic rings. The molecule has 0 aromatic heterocycles. The van der Waals surface area contributed by atoms with E-state index < -0.39 is 12.2 Å². The van der Waals surface area contributed by atoms with Gasteiger partial charge in [0.1, 0.15) is 6.10 Å². The number of halogens is 2. The molecule has 8 heteroatoms. The van der Waals surface area contributed by atoms with E-state index in [4.69, 9.17) is 27.9 Å². The average molecular weight is 358 g/mol. The fourth-order valence-corrected chi connectivity index (χ4v) is 2.59. The van der Waals surface area contributed by atoms with Gasteiger partial charge in [0, 0.05) is 18.0 Å². The number of hydrogen-bond donors (Lipinski definition) is 2. The van der Waals surface area contributed by atoms with E-state index in [1.54, 1.807) is 12.1 Å². The second-order valence-electron chi connectivity index (χ2n) is 5.18. The molecule has 0 radical (unpaired) electrons. The highest BCUT2D eigenvalue weighted by Gasteiger charge is 2.21. The fraction of sp³-hybridized carbons (Fsp3) is 0.400. The molecule has 0 fully saturated rings. The van der Waals surface area contributed by atoms with E-state index in [0.29, 0.717) is 12.1 Å². The van der Waals surface area contributed by atoms with Gasteiger partial charge in [0.25, 0.3) is 0 Å². The highest BCUT2D eigenvalue weighted by Crippen LogP contribution is 2.18. The molecule has 1 heterocycles. The molecule has 23 heavy (non-hydrogen) atoms. The number of alkyl halides is 2. The third-order valence-electron chi connectivity index (χ3n) is 3.30. The molecule has 0 saturated carbocycles. The van der Waals surface area contributed by atoms with Crippen LogP contribution in [0.25, 0.3) is 0 Å². The van der Waals surface area contributed by atoms with E-state index in [-0.39, 0.29) is 23.6 Å². The van der Waals surface area contributed by atoms with Gasteiger partial charge >= 0.3 is 6.09 Å². The molecule has 0 saturated heterocycles. The number of hydrazone groups is 1. The number of hydrogen-bond acceptors (Lipinski definition) is 4. The van der Waals surface area contributed by atoms with Crippen LogP contribution in [0.4, 0.5) is 10.5 Å². The Kier molecular flexibility index (Phi) is 6.24. The maximum Gasteiger partial charge on any atom is 0.411 e. The fourth-order valence-electron chi connectivity index (χ4n) is 2.13. The Morgan fingerprint density at radius 1 is 1.39 bits per heavy atom. The Bertz CT molecular complexity index is 600. The Hall–Kier alpha value is -1.79. The number of ether oxygens (including phenoxy) is 1. The minimum absolute atomic E-state index is 0.0423. The summed E-state index contributed by atoms with van der Waals surface area (Å²) in [6.45, 7) is 1.94. The highest BCUT2D eigenvalue weighted by molar-refractivity contribution is 6.21. The number of rotatable bonds is 5. The number of carbonyl (C=O) groups excluding carboxylic acids is 2. The van der Waals surface area contributed by atoms with Crippen molar-refractivity contribution in [2.24, 2.45) is 11.0 Å². The molecule has 1 aromatic carbocycles. The molecule has 2 amide bonds. The molecule has 124 valence electrons. The van der Waals surface area contributed by atoms with E-state index in [1.807, 2.05) is 19.1 Å². The standard InChI is InChI=1S/C15H17Cl2N3O3/c1-9-6-13(21)19-20-14(9)10-2-4-11(5-3-10)18-15(22)23-12(7-16)8-17/h2-5,9,12H,6-8H2,1H3,(H,18,22)(H,19,21). The van der Waals surface area contributed by atoms with Crippen LogP contribution in [-0.2, 0) is 9.53 Å². The third-order valence-corrected chi connectivity index (χ3v) is 3.99. The van der Waals surface area contributed by atoms with Crippen molar-refractivity contribution in [3.05, 3.63) is 29.8 Å². The topological polar surface area (TPSA) is 79.8 Å². The van der Waals surface area contributed by atoms with Crippen LogP contribution in [0.15, 0.2) is 29.4 Å².